The molecule has 2 aromatic carbocycles. The largest absolute Gasteiger partial charge is 0.482 e. The zero-order valence-corrected chi connectivity index (χ0v) is 21.0. The molecule has 0 saturated carbocycles. The first-order chi connectivity index (χ1) is 17.3. The number of hydrogen-bond donors (Lipinski definition) is 2. The first-order valence-electron chi connectivity index (χ1n) is 10.9. The third-order valence-corrected chi connectivity index (χ3v) is 8.30. The Bertz CT molecular complexity index is 1340. The predicted molar refractivity (Wildman–Crippen MR) is 131 cm³/mol. The number of ether oxygens (including phenoxy) is 2. The Balaban J connectivity index is 1.35. The number of benzene rings is 2. The van der Waals surface area contributed by atoms with E-state index >= 15 is 0 Å². The number of nitrogens with zero attached hydrogens (tertiary/aromatic N) is 4. The first-order valence-corrected chi connectivity index (χ1v) is 13.4. The molecular weight excluding hydrogens is 511 g/mol. The van der Waals surface area contributed by atoms with E-state index in [4.69, 9.17) is 15.3 Å². The van der Waals surface area contributed by atoms with E-state index in [0.717, 1.165) is 16.4 Å². The van der Waals surface area contributed by atoms with Crippen molar-refractivity contribution in [3.63, 3.8) is 0 Å². The molecule has 1 amide bonds. The monoisotopic (exact) mass is 536 g/mol. The van der Waals surface area contributed by atoms with Crippen molar-refractivity contribution in [2.24, 2.45) is 0 Å². The van der Waals surface area contributed by atoms with Crippen molar-refractivity contribution in [3.05, 3.63) is 59.7 Å². The van der Waals surface area contributed by atoms with Gasteiger partial charge in [-0.1, -0.05) is 30.0 Å². The van der Waals surface area contributed by atoms with Crippen molar-refractivity contribution in [3.8, 4) is 5.75 Å². The van der Waals surface area contributed by atoms with Crippen LogP contribution in [0.5, 0.6) is 5.75 Å². The number of morpholine rings is 1. The number of anilines is 1. The fourth-order valence-corrected chi connectivity index (χ4v) is 5.75. The Hall–Kier alpha value is -3.20. The van der Waals surface area contributed by atoms with Crippen molar-refractivity contribution in [1.82, 2.24) is 19.2 Å². The van der Waals surface area contributed by atoms with Gasteiger partial charge >= 0.3 is 0 Å². The van der Waals surface area contributed by atoms with Crippen LogP contribution in [-0.4, -0.2) is 65.6 Å². The number of aromatic nitrogens is 3. The number of sulfonamides is 1. The molecule has 36 heavy (non-hydrogen) atoms. The maximum atomic E-state index is 13.7. The first kappa shape index (κ1) is 25.9. The average Bonchev–Trinajstić information content (AvgIpc) is 3.23. The topological polar surface area (TPSA) is 142 Å². The standard InChI is InChI=1S/C22H25FN6O5S2/c1-15-6-7-16(12-19(15)36(31,32)28-8-10-33-11-9-28)25-21(30)14-35-22-27-26-20(29(22)24)13-34-18-5-3-2-4-17(18)23/h2-7,12H,8-11,13-14,24H2,1H3,(H,25,30). The number of aryl methyl sites for hydroxylation is 1. The van der Waals surface area contributed by atoms with Gasteiger partial charge < -0.3 is 20.6 Å². The number of nitrogens with one attached hydrogen (secondary N) is 1. The highest BCUT2D eigenvalue weighted by Crippen LogP contribution is 2.25. The van der Waals surface area contributed by atoms with Gasteiger partial charge in [0.25, 0.3) is 0 Å². The lowest BCUT2D eigenvalue weighted by Gasteiger charge is -2.26. The smallest absolute Gasteiger partial charge is 0.243 e. The van der Waals surface area contributed by atoms with E-state index in [2.05, 4.69) is 15.5 Å². The SMILES string of the molecule is Cc1ccc(NC(=O)CSc2nnc(COc3ccccc3F)n2N)cc1S(=O)(=O)N1CCOCC1. The minimum Gasteiger partial charge on any atom is -0.482 e. The molecule has 0 spiro atoms. The van der Waals surface area contributed by atoms with Crippen molar-refractivity contribution in [2.75, 3.05) is 43.2 Å². The molecule has 0 unspecified atom stereocenters. The number of thioether (sulfide) groups is 1. The number of hydrogen-bond acceptors (Lipinski definition) is 9. The number of carbonyl (C=O) groups is 1. The normalized spacial score (nSPS) is 14.5. The molecule has 0 radical (unpaired) electrons. The van der Waals surface area contributed by atoms with Crippen LogP contribution >= 0.6 is 11.8 Å². The molecule has 11 nitrogen and oxygen atoms in total. The summed E-state index contributed by atoms with van der Waals surface area (Å²) in [6.07, 6.45) is 0. The maximum absolute atomic E-state index is 13.7. The molecule has 4 rings (SSSR count). The maximum Gasteiger partial charge on any atom is 0.243 e. The van der Waals surface area contributed by atoms with Gasteiger partial charge in [-0.05, 0) is 36.8 Å². The quantitative estimate of drug-likeness (QED) is 0.309. The molecule has 1 fully saturated rings. The molecule has 192 valence electrons. The zero-order valence-electron chi connectivity index (χ0n) is 19.4. The minimum atomic E-state index is -3.71. The molecule has 1 aliphatic rings. The van der Waals surface area contributed by atoms with E-state index in [0.29, 0.717) is 24.5 Å². The molecule has 2 heterocycles. The van der Waals surface area contributed by atoms with Gasteiger partial charge in [-0.25, -0.2) is 17.5 Å². The Labute approximate surface area is 211 Å². The van der Waals surface area contributed by atoms with Crippen LogP contribution in [0.4, 0.5) is 10.1 Å². The van der Waals surface area contributed by atoms with Crippen molar-refractivity contribution < 1.29 is 27.1 Å². The van der Waals surface area contributed by atoms with Crippen LogP contribution in [0.2, 0.25) is 0 Å². The number of nitrogens with two attached hydrogens (primary N) is 1. The number of nitrogen functional groups attached to an aromatic ring is 1. The van der Waals surface area contributed by atoms with Crippen molar-refractivity contribution in [2.45, 2.75) is 23.6 Å². The van der Waals surface area contributed by atoms with Crippen LogP contribution in [0.1, 0.15) is 11.4 Å². The molecule has 3 N–H and O–H groups in total. The molecule has 0 atom stereocenters. The van der Waals surface area contributed by atoms with Crippen molar-refractivity contribution in [1.29, 1.82) is 0 Å². The zero-order chi connectivity index (χ0) is 25.7. The molecule has 3 aromatic rings. The van der Waals surface area contributed by atoms with Gasteiger partial charge in [0, 0.05) is 18.8 Å². The summed E-state index contributed by atoms with van der Waals surface area (Å²) in [5.41, 5.74) is 0.932. The van der Waals surface area contributed by atoms with Crippen LogP contribution in [-0.2, 0) is 26.2 Å². The van der Waals surface area contributed by atoms with Crippen LogP contribution in [0.15, 0.2) is 52.5 Å². The van der Waals surface area contributed by atoms with Gasteiger partial charge in [0.15, 0.2) is 17.4 Å². The Morgan fingerprint density at radius 2 is 1.97 bits per heavy atom. The summed E-state index contributed by atoms with van der Waals surface area (Å²) in [5.74, 6) is 5.34. The van der Waals surface area contributed by atoms with E-state index in [1.165, 1.54) is 22.5 Å². The molecule has 1 saturated heterocycles. The highest BCUT2D eigenvalue weighted by molar-refractivity contribution is 7.99. The highest BCUT2D eigenvalue weighted by Gasteiger charge is 2.28. The second-order valence-electron chi connectivity index (χ2n) is 7.82. The summed E-state index contributed by atoms with van der Waals surface area (Å²) in [6.45, 7) is 2.84. The molecule has 0 bridgehead atoms. The summed E-state index contributed by atoms with van der Waals surface area (Å²) < 4.78 is 53.0. The average molecular weight is 537 g/mol. The summed E-state index contributed by atoms with van der Waals surface area (Å²) in [6, 6.07) is 10.7. The lowest BCUT2D eigenvalue weighted by molar-refractivity contribution is -0.113. The fourth-order valence-electron chi connectivity index (χ4n) is 3.42. The molecule has 1 aromatic heterocycles. The van der Waals surface area contributed by atoms with Gasteiger partial charge in [-0.3, -0.25) is 4.79 Å². The third-order valence-electron chi connectivity index (χ3n) is 5.32. The van der Waals surface area contributed by atoms with E-state index < -0.39 is 15.8 Å². The molecule has 0 aliphatic carbocycles. The van der Waals surface area contributed by atoms with Gasteiger partial charge in [-0.15, -0.1) is 10.2 Å². The highest BCUT2D eigenvalue weighted by atomic mass is 32.2. The molecule has 14 heteroatoms. The predicted octanol–water partition coefficient (Wildman–Crippen LogP) is 1.77. The Kier molecular flexibility index (Phi) is 8.08. The summed E-state index contributed by atoms with van der Waals surface area (Å²) in [7, 11) is -3.71. The van der Waals surface area contributed by atoms with Crippen molar-refractivity contribution >= 4 is 33.4 Å². The minimum absolute atomic E-state index is 0.0527. The fraction of sp³-hybridized carbons (Fsp3) is 0.318. The molecular formula is C22H25FN6O5S2. The number of para-hydroxylation sites is 1. The number of amides is 1. The molecule has 1 aliphatic heterocycles. The van der Waals surface area contributed by atoms with Gasteiger partial charge in [0.2, 0.25) is 21.1 Å². The Morgan fingerprint density at radius 3 is 2.72 bits per heavy atom. The van der Waals surface area contributed by atoms with E-state index in [-0.39, 0.29) is 53.0 Å². The van der Waals surface area contributed by atoms with E-state index in [9.17, 15) is 17.6 Å². The Morgan fingerprint density at radius 1 is 1.22 bits per heavy atom. The van der Waals surface area contributed by atoms with Gasteiger partial charge in [-0.2, -0.15) is 4.31 Å². The van der Waals surface area contributed by atoms with Gasteiger partial charge in [0.05, 0.1) is 23.9 Å². The van der Waals surface area contributed by atoms with Crippen LogP contribution in [0.25, 0.3) is 0 Å². The summed E-state index contributed by atoms with van der Waals surface area (Å²) in [5, 5.41) is 10.8. The van der Waals surface area contributed by atoms with E-state index in [1.807, 2.05) is 0 Å². The van der Waals surface area contributed by atoms with Crippen LogP contribution < -0.4 is 15.9 Å². The van der Waals surface area contributed by atoms with Crippen LogP contribution in [0, 0.1) is 12.7 Å². The lowest BCUT2D eigenvalue weighted by Crippen LogP contribution is -2.40. The lowest BCUT2D eigenvalue weighted by atomic mass is 10.2. The van der Waals surface area contributed by atoms with Crippen LogP contribution in [0.3, 0.4) is 0 Å². The summed E-state index contributed by atoms with van der Waals surface area (Å²) >= 11 is 1.04. The third kappa shape index (κ3) is 5.95. The number of carbonyl (C=O) groups excluding carboxylic acids is 1. The second kappa shape index (κ2) is 11.2. The van der Waals surface area contributed by atoms with E-state index in [1.54, 1.807) is 31.2 Å². The second-order valence-corrected chi connectivity index (χ2v) is 10.7. The summed E-state index contributed by atoms with van der Waals surface area (Å²) in [4.78, 5) is 12.7. The number of halogens is 1. The number of rotatable bonds is 9. The van der Waals surface area contributed by atoms with Gasteiger partial charge in [0.1, 0.15) is 6.61 Å².